The Hall–Kier alpha value is -2.24. The number of carbonyl (C=O) groups excluding carboxylic acids is 2. The van der Waals surface area contributed by atoms with Gasteiger partial charge in [0.25, 0.3) is 0 Å². The number of ether oxygens (including phenoxy) is 2. The van der Waals surface area contributed by atoms with Crippen LogP contribution in [0, 0.1) is 0 Å². The third-order valence-electron chi connectivity index (χ3n) is 2.35. The van der Waals surface area contributed by atoms with Crippen molar-refractivity contribution in [2.75, 3.05) is 13.2 Å². The molecule has 90 valence electrons. The van der Waals surface area contributed by atoms with Gasteiger partial charge in [0, 0.05) is 6.42 Å². The van der Waals surface area contributed by atoms with Crippen molar-refractivity contribution in [1.82, 2.24) is 0 Å². The number of carbonyl (C=O) groups is 2. The highest BCUT2D eigenvalue weighted by Gasteiger charge is 2.23. The van der Waals surface area contributed by atoms with Crippen LogP contribution in [0.15, 0.2) is 12.1 Å². The summed E-state index contributed by atoms with van der Waals surface area (Å²) in [7, 11) is 0. The molecule has 1 aromatic rings. The van der Waals surface area contributed by atoms with Crippen molar-refractivity contribution < 1.29 is 29.3 Å². The van der Waals surface area contributed by atoms with E-state index in [9.17, 15) is 19.8 Å². The fourth-order valence-electron chi connectivity index (χ4n) is 1.45. The number of hydrogen-bond acceptors (Lipinski definition) is 6. The molecule has 2 bridgehead atoms. The number of fused-ring (bicyclic) bond motifs is 8. The predicted octanol–water partition coefficient (Wildman–Crippen LogP) is 0.815. The molecule has 0 unspecified atom stereocenters. The lowest BCUT2D eigenvalue weighted by Gasteiger charge is -2.07. The zero-order chi connectivity index (χ0) is 12.4. The maximum Gasteiger partial charge on any atom is 0.342 e. The lowest BCUT2D eigenvalue weighted by Crippen LogP contribution is -2.08. The summed E-state index contributed by atoms with van der Waals surface area (Å²) in [6.45, 7) is 0.152. The Morgan fingerprint density at radius 2 is 1.29 bits per heavy atom. The number of phenols is 2. The van der Waals surface area contributed by atoms with Gasteiger partial charge in [-0.05, 0) is 12.1 Å². The Bertz CT molecular complexity index is 436. The summed E-state index contributed by atoms with van der Waals surface area (Å²) in [6.07, 6.45) is 0.361. The Morgan fingerprint density at radius 1 is 0.882 bits per heavy atom. The number of rotatable bonds is 0. The molecule has 0 saturated carbocycles. The van der Waals surface area contributed by atoms with Crippen LogP contribution in [0.25, 0.3) is 0 Å². The fourth-order valence-corrected chi connectivity index (χ4v) is 1.45. The molecule has 6 nitrogen and oxygen atoms in total. The zero-order valence-electron chi connectivity index (χ0n) is 8.80. The summed E-state index contributed by atoms with van der Waals surface area (Å²) in [5.74, 6) is -2.85. The van der Waals surface area contributed by atoms with Crippen LogP contribution in [0.5, 0.6) is 11.5 Å². The molecule has 0 aliphatic carbocycles. The summed E-state index contributed by atoms with van der Waals surface area (Å²) in [5.41, 5.74) is -0.359. The first-order valence-electron chi connectivity index (χ1n) is 5.00. The van der Waals surface area contributed by atoms with Crippen molar-refractivity contribution in [2.24, 2.45) is 0 Å². The van der Waals surface area contributed by atoms with Gasteiger partial charge in [0.1, 0.15) is 11.1 Å². The second kappa shape index (κ2) is 4.32. The first-order valence-corrected chi connectivity index (χ1v) is 5.00. The van der Waals surface area contributed by atoms with Crippen molar-refractivity contribution in [3.63, 3.8) is 0 Å². The molecule has 17 heavy (non-hydrogen) atoms. The largest absolute Gasteiger partial charge is 0.504 e. The summed E-state index contributed by atoms with van der Waals surface area (Å²) in [6, 6.07) is 2.42. The number of benzene rings is 1. The number of hydrogen-bond donors (Lipinski definition) is 2. The average molecular weight is 238 g/mol. The van der Waals surface area contributed by atoms with E-state index in [1.54, 1.807) is 0 Å². The Balaban J connectivity index is 2.52. The topological polar surface area (TPSA) is 93.1 Å². The van der Waals surface area contributed by atoms with Crippen LogP contribution in [0.2, 0.25) is 0 Å². The second-order valence-electron chi connectivity index (χ2n) is 3.48. The molecule has 0 aromatic heterocycles. The van der Waals surface area contributed by atoms with E-state index in [-0.39, 0.29) is 24.3 Å². The van der Waals surface area contributed by atoms with Gasteiger partial charge in [-0.3, -0.25) is 0 Å². The molecule has 0 spiro atoms. The van der Waals surface area contributed by atoms with Gasteiger partial charge >= 0.3 is 11.9 Å². The molecule has 0 radical (unpaired) electrons. The molecule has 3 rings (SSSR count). The van der Waals surface area contributed by atoms with E-state index in [1.165, 1.54) is 12.1 Å². The van der Waals surface area contributed by atoms with E-state index in [0.717, 1.165) is 0 Å². The predicted molar refractivity (Wildman–Crippen MR) is 55.0 cm³/mol. The molecule has 0 atom stereocenters. The smallest absolute Gasteiger partial charge is 0.342 e. The summed E-state index contributed by atoms with van der Waals surface area (Å²) >= 11 is 0. The number of aromatic hydroxyl groups is 2. The van der Waals surface area contributed by atoms with Crippen LogP contribution in [0.4, 0.5) is 0 Å². The van der Waals surface area contributed by atoms with Gasteiger partial charge in [-0.25, -0.2) is 9.59 Å². The monoisotopic (exact) mass is 238 g/mol. The van der Waals surface area contributed by atoms with Gasteiger partial charge in [0.05, 0.1) is 13.2 Å². The van der Waals surface area contributed by atoms with Gasteiger partial charge < -0.3 is 19.7 Å². The number of esters is 2. The van der Waals surface area contributed by atoms with E-state index < -0.39 is 23.4 Å². The van der Waals surface area contributed by atoms with Gasteiger partial charge in [-0.2, -0.15) is 0 Å². The minimum Gasteiger partial charge on any atom is -0.504 e. The molecule has 0 fully saturated rings. The molecule has 2 heterocycles. The van der Waals surface area contributed by atoms with Crippen molar-refractivity contribution >= 4 is 11.9 Å². The minimum absolute atomic E-state index is 0.0762. The fraction of sp³-hybridized carbons (Fsp3) is 0.273. The van der Waals surface area contributed by atoms with E-state index in [4.69, 9.17) is 9.47 Å². The lowest BCUT2D eigenvalue weighted by atomic mass is 10.1. The van der Waals surface area contributed by atoms with Crippen molar-refractivity contribution in [3.05, 3.63) is 23.3 Å². The Kier molecular flexibility index (Phi) is 2.86. The maximum absolute atomic E-state index is 11.5. The van der Waals surface area contributed by atoms with Crippen molar-refractivity contribution in [2.45, 2.75) is 6.42 Å². The first-order chi connectivity index (χ1) is 8.11. The lowest BCUT2D eigenvalue weighted by molar-refractivity contribution is 0.0400. The standard InChI is InChI=1S/C11H10O6/c12-8-6-2-3-7(9(8)13)11(15)17-5-1-4-16-10(6)14/h2-3,12-13H,1,4-5H2. The van der Waals surface area contributed by atoms with E-state index >= 15 is 0 Å². The normalized spacial score (nSPS) is 16.0. The molecule has 2 N–H and O–H groups in total. The molecule has 6 heteroatoms. The quantitative estimate of drug-likeness (QED) is 0.513. The van der Waals surface area contributed by atoms with Crippen LogP contribution < -0.4 is 0 Å². The highest BCUT2D eigenvalue weighted by Crippen LogP contribution is 2.33. The van der Waals surface area contributed by atoms with Crippen LogP contribution in [0.3, 0.4) is 0 Å². The average Bonchev–Trinajstić information content (AvgIpc) is 2.34. The molecule has 2 aliphatic rings. The van der Waals surface area contributed by atoms with Crippen molar-refractivity contribution in [1.29, 1.82) is 0 Å². The molecule has 0 amide bonds. The zero-order valence-corrected chi connectivity index (χ0v) is 8.80. The van der Waals surface area contributed by atoms with Gasteiger partial charge in [-0.15, -0.1) is 0 Å². The van der Waals surface area contributed by atoms with E-state index in [0.29, 0.717) is 6.42 Å². The summed E-state index contributed by atoms with van der Waals surface area (Å²) in [5, 5.41) is 19.2. The SMILES string of the molecule is O=C1OCCCOC(=O)c2ccc1c(O)c2O. The maximum atomic E-state index is 11.5. The Morgan fingerprint density at radius 3 is 1.71 bits per heavy atom. The summed E-state index contributed by atoms with van der Waals surface area (Å²) < 4.78 is 9.65. The molecule has 2 aliphatic heterocycles. The first kappa shape index (κ1) is 11.3. The van der Waals surface area contributed by atoms with Crippen LogP contribution in [-0.2, 0) is 9.47 Å². The number of phenolic OH excluding ortho intramolecular Hbond substituents is 2. The van der Waals surface area contributed by atoms with E-state index in [1.807, 2.05) is 0 Å². The minimum atomic E-state index is -0.751. The highest BCUT2D eigenvalue weighted by atomic mass is 16.5. The molecular weight excluding hydrogens is 228 g/mol. The van der Waals surface area contributed by atoms with Crippen LogP contribution in [0.1, 0.15) is 27.1 Å². The van der Waals surface area contributed by atoms with Crippen molar-refractivity contribution in [3.8, 4) is 11.5 Å². The van der Waals surface area contributed by atoms with Gasteiger partial charge in [-0.1, -0.05) is 0 Å². The molecule has 0 saturated heterocycles. The van der Waals surface area contributed by atoms with Crippen LogP contribution >= 0.6 is 0 Å². The highest BCUT2D eigenvalue weighted by molar-refractivity contribution is 5.99. The van der Waals surface area contributed by atoms with Crippen LogP contribution in [-0.4, -0.2) is 35.4 Å². The third kappa shape index (κ3) is 2.01. The van der Waals surface area contributed by atoms with Gasteiger partial charge in [0.2, 0.25) is 0 Å². The Labute approximate surface area is 96.4 Å². The summed E-state index contributed by atoms with van der Waals surface area (Å²) in [4.78, 5) is 23.0. The molecular formula is C11H10O6. The third-order valence-corrected chi connectivity index (χ3v) is 2.35. The molecule has 1 aromatic carbocycles. The van der Waals surface area contributed by atoms with E-state index in [2.05, 4.69) is 0 Å². The second-order valence-corrected chi connectivity index (χ2v) is 3.48. The van der Waals surface area contributed by atoms with Gasteiger partial charge in [0.15, 0.2) is 11.5 Å².